The largest absolute Gasteiger partial charge is 0.472 e. The first kappa shape index (κ1) is 72.6. The molecule has 0 aliphatic rings. The highest BCUT2D eigenvalue weighted by molar-refractivity contribution is 7.47. The van der Waals surface area contributed by atoms with Crippen LogP contribution in [0.2, 0.25) is 0 Å². The minimum atomic E-state index is -4.81. The number of unbranched alkanes of at least 4 members (excludes halogenated alkanes) is 3. The van der Waals surface area contributed by atoms with Gasteiger partial charge in [0, 0.05) is 19.3 Å². The summed E-state index contributed by atoms with van der Waals surface area (Å²) in [4.78, 5) is 48.5. The van der Waals surface area contributed by atoms with Crippen molar-refractivity contribution in [1.82, 2.24) is 0 Å². The maximum Gasteiger partial charge on any atom is 0.472 e. The smallest absolute Gasteiger partial charge is 0.462 e. The van der Waals surface area contributed by atoms with E-state index in [4.69, 9.17) is 23.3 Å². The molecule has 0 amide bonds. The fraction of sp³-hybridized carbons (Fsp3) is 0.500. The molecule has 78 heavy (non-hydrogen) atoms. The highest BCUT2D eigenvalue weighted by Crippen LogP contribution is 2.43. The number of aliphatic hydroxyl groups excluding tert-OH is 1. The molecule has 0 saturated heterocycles. The van der Waals surface area contributed by atoms with Gasteiger partial charge in [-0.2, -0.15) is 0 Å². The lowest BCUT2D eigenvalue weighted by Gasteiger charge is -2.21. The lowest BCUT2D eigenvalue weighted by Crippen LogP contribution is -2.30. The Morgan fingerprint density at radius 1 is 0.359 bits per heavy atom. The summed E-state index contributed by atoms with van der Waals surface area (Å²) in [6.45, 7) is 4.05. The normalized spacial score (nSPS) is 14.7. The highest BCUT2D eigenvalue weighted by Gasteiger charge is 2.28. The third-order valence-corrected chi connectivity index (χ3v) is 11.8. The Kier molecular flexibility index (Phi) is 53.7. The van der Waals surface area contributed by atoms with Crippen molar-refractivity contribution < 1.29 is 52.2 Å². The Morgan fingerprint density at radius 2 is 0.654 bits per heavy atom. The molecule has 0 aliphatic carbocycles. The van der Waals surface area contributed by atoms with E-state index in [9.17, 15) is 28.9 Å². The Bertz CT molecular complexity index is 2010. The monoisotopic (exact) mass is 1100 g/mol. The van der Waals surface area contributed by atoms with E-state index >= 15 is 0 Å². The number of esters is 3. The van der Waals surface area contributed by atoms with Gasteiger partial charge in [-0.15, -0.1) is 0 Å². The summed E-state index contributed by atoms with van der Waals surface area (Å²) < 4.78 is 39.3. The van der Waals surface area contributed by atoms with Gasteiger partial charge in [-0.25, -0.2) is 4.57 Å². The number of carbonyl (C=O) groups excluding carboxylic acids is 3. The molecule has 0 radical (unpaired) electrons. The average molecular weight is 1100 g/mol. The van der Waals surface area contributed by atoms with Gasteiger partial charge >= 0.3 is 25.7 Å². The number of phosphoric ester groups is 1. The van der Waals surface area contributed by atoms with Crippen LogP contribution in [-0.4, -0.2) is 66.5 Å². The van der Waals surface area contributed by atoms with Crippen molar-refractivity contribution in [1.29, 1.82) is 0 Å². The van der Waals surface area contributed by atoms with E-state index in [1.54, 1.807) is 0 Å². The van der Waals surface area contributed by atoms with Gasteiger partial charge < -0.3 is 24.2 Å². The molecule has 11 nitrogen and oxygen atoms in total. The van der Waals surface area contributed by atoms with E-state index in [0.29, 0.717) is 19.3 Å². The van der Waals surface area contributed by atoms with Gasteiger partial charge in [-0.05, 0) is 128 Å². The van der Waals surface area contributed by atoms with Crippen LogP contribution in [0.25, 0.3) is 0 Å². The molecule has 3 unspecified atom stereocenters. The zero-order valence-corrected chi connectivity index (χ0v) is 48.7. The summed E-state index contributed by atoms with van der Waals surface area (Å²) in [5, 5.41) is 9.79. The molecule has 0 spiro atoms. The van der Waals surface area contributed by atoms with E-state index in [2.05, 4.69) is 173 Å². The topological polar surface area (TPSA) is 155 Å². The number of hydrogen-bond acceptors (Lipinski definition) is 10. The summed E-state index contributed by atoms with van der Waals surface area (Å²) >= 11 is 0. The summed E-state index contributed by atoms with van der Waals surface area (Å²) in [6, 6.07) is 0. The predicted octanol–water partition coefficient (Wildman–Crippen LogP) is 17.2. The van der Waals surface area contributed by atoms with Crippen molar-refractivity contribution in [2.75, 3.05) is 26.4 Å². The van der Waals surface area contributed by atoms with Crippen LogP contribution in [0, 0.1) is 0 Å². The molecule has 0 aromatic heterocycles. The first-order chi connectivity index (χ1) is 38.2. The lowest BCUT2D eigenvalue weighted by molar-refractivity contribution is -0.161. The quantitative estimate of drug-likeness (QED) is 0.0197. The Morgan fingerprint density at radius 3 is 1.01 bits per heavy atom. The predicted molar refractivity (Wildman–Crippen MR) is 324 cm³/mol. The van der Waals surface area contributed by atoms with Crippen molar-refractivity contribution in [3.05, 3.63) is 182 Å². The van der Waals surface area contributed by atoms with E-state index in [-0.39, 0.29) is 19.3 Å². The molecule has 0 rings (SSSR count). The second-order valence-electron chi connectivity index (χ2n) is 18.0. The fourth-order valence-electron chi connectivity index (χ4n) is 6.60. The van der Waals surface area contributed by atoms with Gasteiger partial charge in [-0.3, -0.25) is 23.4 Å². The maximum atomic E-state index is 12.9. The number of rotatable bonds is 50. The van der Waals surface area contributed by atoms with Crippen molar-refractivity contribution >= 4 is 25.7 Å². The van der Waals surface area contributed by atoms with Crippen LogP contribution < -0.4 is 0 Å². The van der Waals surface area contributed by atoms with Crippen LogP contribution in [0.5, 0.6) is 0 Å². The second-order valence-corrected chi connectivity index (χ2v) is 19.4. The van der Waals surface area contributed by atoms with Gasteiger partial charge in [-0.1, -0.05) is 209 Å². The van der Waals surface area contributed by atoms with Crippen LogP contribution in [0.1, 0.15) is 175 Å². The van der Waals surface area contributed by atoms with Crippen molar-refractivity contribution in [3.63, 3.8) is 0 Å². The Hall–Kier alpha value is -5.42. The Balaban J connectivity index is 5.00. The molecule has 0 saturated carbocycles. The van der Waals surface area contributed by atoms with E-state index in [1.165, 1.54) is 0 Å². The zero-order valence-electron chi connectivity index (χ0n) is 47.8. The highest BCUT2D eigenvalue weighted by atomic mass is 31.2. The summed E-state index contributed by atoms with van der Waals surface area (Å²) in [5.41, 5.74) is 0. The fourth-order valence-corrected chi connectivity index (χ4v) is 7.38. The number of ether oxygens (including phenoxy) is 3. The van der Waals surface area contributed by atoms with E-state index in [0.717, 1.165) is 116 Å². The third-order valence-electron chi connectivity index (χ3n) is 10.8. The van der Waals surface area contributed by atoms with Crippen molar-refractivity contribution in [2.45, 2.75) is 187 Å². The van der Waals surface area contributed by atoms with Crippen molar-refractivity contribution in [2.24, 2.45) is 0 Å². The number of carbonyl (C=O) groups is 3. The van der Waals surface area contributed by atoms with E-state index in [1.807, 2.05) is 30.4 Å². The number of hydrogen-bond donors (Lipinski definition) is 2. The van der Waals surface area contributed by atoms with Gasteiger partial charge in [0.2, 0.25) is 0 Å². The number of phosphoric acid groups is 1. The van der Waals surface area contributed by atoms with Gasteiger partial charge in [0.25, 0.3) is 0 Å². The molecule has 0 aromatic carbocycles. The van der Waals surface area contributed by atoms with Crippen LogP contribution in [0.3, 0.4) is 0 Å². The van der Waals surface area contributed by atoms with Crippen LogP contribution in [0.15, 0.2) is 182 Å². The standard InChI is InChI=1S/C66H99O11P/c1-4-7-10-13-16-19-22-25-27-29-31-33-35-38-40-43-46-49-52-55-64(68)73-59-63(77-66(70)57-54-51-48-45-42-39-36-34-32-30-28-26-23-20-17-14-11-8-5-2)61-75-78(71,72)74-60-62(58-67)76-65(69)56-53-50-47-44-41-37-24-21-18-15-12-9-6-3/h7-12,16-21,25-28,31-34,37-42,46-47,49-50,62-63,67H,4-6,13-15,22-24,29-30,35-36,43-45,48,51-61H2,1-3H3,(H,71,72)/b10-7-,11-8-,12-9-,19-16-,20-17-,21-18-,27-25-,28-26-,33-31-,34-32-,40-38-,41-37-,42-39-,49-46-,50-47-. The van der Waals surface area contributed by atoms with Crippen LogP contribution in [0.4, 0.5) is 0 Å². The van der Waals surface area contributed by atoms with Gasteiger partial charge in [0.15, 0.2) is 6.10 Å². The first-order valence-corrected chi connectivity index (χ1v) is 30.2. The molecule has 0 aromatic rings. The van der Waals surface area contributed by atoms with E-state index < -0.39 is 64.4 Å². The molecule has 0 fully saturated rings. The molecule has 0 aliphatic heterocycles. The molecule has 3 atom stereocenters. The summed E-state index contributed by atoms with van der Waals surface area (Å²) in [7, 11) is -4.81. The van der Waals surface area contributed by atoms with Crippen LogP contribution in [-0.2, 0) is 42.2 Å². The third kappa shape index (κ3) is 55.3. The first-order valence-electron chi connectivity index (χ1n) is 28.7. The minimum Gasteiger partial charge on any atom is -0.462 e. The Labute approximate surface area is 471 Å². The molecular formula is C66H99O11P. The SMILES string of the molecule is CC/C=C\C/C=C\C/C=C\C/C=C\C/C=C\C/C=C\CCC(=O)OCC(COP(=O)(O)OCC(CO)OC(=O)CC/C=C\C/C=C\C/C=C\C/C=C\CC)OC(=O)CCCCC/C=C\C/C=C\C/C=C\C/C=C\C/C=C\CC. The molecular weight excluding hydrogens is 1000 g/mol. The molecule has 434 valence electrons. The van der Waals surface area contributed by atoms with Crippen LogP contribution >= 0.6 is 7.82 Å². The number of allylic oxidation sites excluding steroid dienone is 30. The molecule has 0 heterocycles. The second kappa shape index (κ2) is 57.7. The summed E-state index contributed by atoms with van der Waals surface area (Å²) in [5.74, 6) is -1.72. The average Bonchev–Trinajstić information content (AvgIpc) is 3.43. The van der Waals surface area contributed by atoms with Crippen molar-refractivity contribution in [3.8, 4) is 0 Å². The molecule has 2 N–H and O–H groups in total. The number of aliphatic hydroxyl groups is 1. The molecule has 0 bridgehead atoms. The molecule has 12 heteroatoms. The zero-order chi connectivity index (χ0) is 56.9. The lowest BCUT2D eigenvalue weighted by atomic mass is 10.1. The van der Waals surface area contributed by atoms with Gasteiger partial charge in [0.05, 0.1) is 19.8 Å². The van der Waals surface area contributed by atoms with Gasteiger partial charge in [0.1, 0.15) is 12.7 Å². The minimum absolute atomic E-state index is 0.0372. The maximum absolute atomic E-state index is 12.9. The summed E-state index contributed by atoms with van der Waals surface area (Å²) in [6.07, 6.45) is 78.9.